The Morgan fingerprint density at radius 2 is 1.73 bits per heavy atom. The summed E-state index contributed by atoms with van der Waals surface area (Å²) >= 11 is 0. The van der Waals surface area contributed by atoms with E-state index >= 15 is 0 Å². The minimum absolute atomic E-state index is 0.142. The fraction of sp³-hybridized carbons (Fsp3) is 0.393. The van der Waals surface area contributed by atoms with Crippen molar-refractivity contribution in [2.24, 2.45) is 0 Å². The van der Waals surface area contributed by atoms with Gasteiger partial charge in [-0.15, -0.1) is 10.2 Å². The molecule has 218 valence electrons. The lowest BCUT2D eigenvalue weighted by Gasteiger charge is -2.24. The molecule has 2 N–H and O–H groups in total. The molecular formula is C28H34N6O6S. The molecule has 0 fully saturated rings. The molecule has 0 aliphatic heterocycles. The van der Waals surface area contributed by atoms with Gasteiger partial charge in [-0.3, -0.25) is 4.57 Å². The van der Waals surface area contributed by atoms with Crippen molar-refractivity contribution in [2.75, 3.05) is 20.3 Å². The lowest BCUT2D eigenvalue weighted by atomic mass is 10.1. The topological polar surface area (TPSA) is 162 Å². The van der Waals surface area contributed by atoms with Crippen LogP contribution in [0.15, 0.2) is 48.8 Å². The highest BCUT2D eigenvalue weighted by Crippen LogP contribution is 2.33. The number of pyridine rings is 1. The van der Waals surface area contributed by atoms with Gasteiger partial charge in [-0.05, 0) is 57.0 Å². The number of sulfone groups is 1. The van der Waals surface area contributed by atoms with E-state index in [1.54, 1.807) is 29.1 Å². The van der Waals surface area contributed by atoms with E-state index in [1.807, 2.05) is 45.0 Å². The fourth-order valence-corrected chi connectivity index (χ4v) is 5.68. The van der Waals surface area contributed by atoms with E-state index < -0.39 is 39.7 Å². The minimum atomic E-state index is -4.00. The van der Waals surface area contributed by atoms with Crippen LogP contribution in [0, 0.1) is 20.8 Å². The van der Waals surface area contributed by atoms with Gasteiger partial charge in [-0.1, -0.05) is 18.2 Å². The molecular weight excluding hydrogens is 548 g/mol. The Labute approximate surface area is 239 Å². The second kappa shape index (κ2) is 12.8. The summed E-state index contributed by atoms with van der Waals surface area (Å²) in [6.07, 6.45) is 0.800. The first-order valence-corrected chi connectivity index (χ1v) is 14.7. The van der Waals surface area contributed by atoms with E-state index in [-0.39, 0.29) is 18.3 Å². The summed E-state index contributed by atoms with van der Waals surface area (Å²) in [7, 11) is -2.46. The van der Waals surface area contributed by atoms with E-state index in [0.717, 1.165) is 16.8 Å². The molecule has 12 nitrogen and oxygen atoms in total. The molecule has 3 atom stereocenters. The molecule has 0 saturated heterocycles. The van der Waals surface area contributed by atoms with Gasteiger partial charge in [-0.25, -0.2) is 23.4 Å². The number of ether oxygens (including phenoxy) is 2. The summed E-state index contributed by atoms with van der Waals surface area (Å²) < 4.78 is 41.0. The van der Waals surface area contributed by atoms with Crippen LogP contribution in [0.2, 0.25) is 0 Å². The van der Waals surface area contributed by atoms with Gasteiger partial charge in [-0.2, -0.15) is 0 Å². The van der Waals surface area contributed by atoms with Crippen molar-refractivity contribution in [1.29, 1.82) is 0 Å². The van der Waals surface area contributed by atoms with Gasteiger partial charge in [0.1, 0.15) is 29.4 Å². The van der Waals surface area contributed by atoms with Crippen LogP contribution >= 0.6 is 0 Å². The second-order valence-electron chi connectivity index (χ2n) is 9.79. The van der Waals surface area contributed by atoms with Gasteiger partial charge >= 0.3 is 0 Å². The first-order valence-electron chi connectivity index (χ1n) is 13.0. The number of nitrogens with zero attached hydrogens (tertiary/aromatic N) is 6. The van der Waals surface area contributed by atoms with Crippen molar-refractivity contribution >= 4 is 9.84 Å². The smallest absolute Gasteiger partial charge is 0.187 e. The average molecular weight is 583 g/mol. The van der Waals surface area contributed by atoms with Crippen LogP contribution < -0.4 is 4.74 Å². The monoisotopic (exact) mass is 582 g/mol. The molecule has 4 aromatic rings. The van der Waals surface area contributed by atoms with Crippen LogP contribution in [0.25, 0.3) is 17.2 Å². The Hall–Kier alpha value is -3.78. The molecule has 0 aliphatic rings. The van der Waals surface area contributed by atoms with Gasteiger partial charge < -0.3 is 19.7 Å². The number of benzene rings is 1. The number of hydrogen-bond acceptors (Lipinski definition) is 11. The lowest BCUT2D eigenvalue weighted by Crippen LogP contribution is -2.33. The summed E-state index contributed by atoms with van der Waals surface area (Å²) in [6.45, 7) is 6.19. The zero-order valence-corrected chi connectivity index (χ0v) is 24.4. The van der Waals surface area contributed by atoms with Gasteiger partial charge in [0, 0.05) is 18.1 Å². The maximum Gasteiger partial charge on any atom is 0.187 e. The highest BCUT2D eigenvalue weighted by molar-refractivity contribution is 7.91. The molecule has 4 rings (SSSR count). The molecule has 0 bridgehead atoms. The third-order valence-electron chi connectivity index (χ3n) is 6.55. The third-order valence-corrected chi connectivity index (χ3v) is 8.59. The van der Waals surface area contributed by atoms with E-state index in [4.69, 9.17) is 9.47 Å². The Morgan fingerprint density at radius 1 is 1.02 bits per heavy atom. The summed E-state index contributed by atoms with van der Waals surface area (Å²) in [5.74, 6) is 0.668. The highest BCUT2D eigenvalue weighted by Gasteiger charge is 2.36. The molecule has 3 heterocycles. The normalized spacial score (nSPS) is 14.0. The molecule has 0 aliphatic carbocycles. The Kier molecular flexibility index (Phi) is 9.43. The number of methoxy groups -OCH3 is 1. The van der Waals surface area contributed by atoms with Crippen LogP contribution in [-0.4, -0.2) is 80.0 Å². The van der Waals surface area contributed by atoms with Gasteiger partial charge in [0.25, 0.3) is 0 Å². The van der Waals surface area contributed by atoms with Crippen LogP contribution in [-0.2, 0) is 20.3 Å². The minimum Gasteiger partial charge on any atom is -0.495 e. The number of aromatic nitrogens is 6. The molecule has 0 unspecified atom stereocenters. The van der Waals surface area contributed by atoms with E-state index in [2.05, 4.69) is 25.1 Å². The molecule has 0 saturated carbocycles. The summed E-state index contributed by atoms with van der Waals surface area (Å²) in [5, 5.41) is 26.6. The van der Waals surface area contributed by atoms with Gasteiger partial charge in [0.05, 0.1) is 31.3 Å². The van der Waals surface area contributed by atoms with E-state index in [9.17, 15) is 18.6 Å². The number of aliphatic hydroxyl groups is 2. The molecule has 13 heteroatoms. The number of aryl methyl sites for hydroxylation is 3. The van der Waals surface area contributed by atoms with Gasteiger partial charge in [0.2, 0.25) is 0 Å². The number of para-hydroxylation sites is 1. The van der Waals surface area contributed by atoms with Crippen LogP contribution in [0.1, 0.15) is 41.5 Å². The third kappa shape index (κ3) is 6.76. The second-order valence-corrected chi connectivity index (χ2v) is 12.1. The predicted octanol–water partition coefficient (Wildman–Crippen LogP) is 2.47. The van der Waals surface area contributed by atoms with E-state index in [0.29, 0.717) is 23.0 Å². The first kappa shape index (κ1) is 30.2. The van der Waals surface area contributed by atoms with Crippen molar-refractivity contribution in [3.8, 4) is 23.0 Å². The zero-order chi connectivity index (χ0) is 29.7. The summed E-state index contributed by atoms with van der Waals surface area (Å²) in [5.41, 5.74) is 3.48. The highest BCUT2D eigenvalue weighted by atomic mass is 32.2. The zero-order valence-electron chi connectivity index (χ0n) is 23.6. The Bertz CT molecular complexity index is 1590. The maximum absolute atomic E-state index is 13.9. The van der Waals surface area contributed by atoms with Crippen molar-refractivity contribution < 1.29 is 28.1 Å². The standard InChI is InChI=1S/C28H34N6O6S/c1-17-12-29-27(30-13-17)26(40-15-21(36)14-35)20(4)41(37,38)16-24-32-33-28(22-10-7-9-19(3)31-22)34(24)25-18(2)8-6-11-23(25)39-5/h6-13,20-21,26,35-36H,14-16H2,1-5H3/t20-,21+,26-/m1/s1. The quantitative estimate of drug-likeness (QED) is 0.252. The molecule has 0 amide bonds. The van der Waals surface area contributed by atoms with Crippen molar-refractivity contribution in [3.05, 3.63) is 77.3 Å². The van der Waals surface area contributed by atoms with E-state index in [1.165, 1.54) is 14.0 Å². The number of rotatable bonds is 12. The molecule has 3 aromatic heterocycles. The SMILES string of the molecule is COc1cccc(C)c1-n1c(CS(=O)(=O)[C@H](C)[C@@H](OC[C@@H](O)CO)c2ncc(C)cn2)nnc1-c1cccc(C)n1. The average Bonchev–Trinajstić information content (AvgIpc) is 3.35. The van der Waals surface area contributed by atoms with Crippen molar-refractivity contribution in [3.63, 3.8) is 0 Å². The number of aliphatic hydroxyl groups excluding tert-OH is 2. The Balaban J connectivity index is 1.80. The number of hydrogen-bond donors (Lipinski definition) is 2. The van der Waals surface area contributed by atoms with Crippen molar-refractivity contribution in [1.82, 2.24) is 29.7 Å². The molecule has 41 heavy (non-hydrogen) atoms. The summed E-state index contributed by atoms with van der Waals surface area (Å²) in [6, 6.07) is 11.0. The van der Waals surface area contributed by atoms with Gasteiger partial charge in [0.15, 0.2) is 27.3 Å². The Morgan fingerprint density at radius 3 is 2.39 bits per heavy atom. The first-order chi connectivity index (χ1) is 19.6. The lowest BCUT2D eigenvalue weighted by molar-refractivity contribution is -0.0324. The predicted molar refractivity (Wildman–Crippen MR) is 151 cm³/mol. The van der Waals surface area contributed by atoms with Crippen LogP contribution in [0.5, 0.6) is 5.75 Å². The maximum atomic E-state index is 13.9. The molecule has 1 aromatic carbocycles. The largest absolute Gasteiger partial charge is 0.495 e. The fourth-order valence-electron chi connectivity index (χ4n) is 4.30. The van der Waals surface area contributed by atoms with Crippen LogP contribution in [0.3, 0.4) is 0 Å². The molecule has 0 spiro atoms. The van der Waals surface area contributed by atoms with Crippen LogP contribution in [0.4, 0.5) is 0 Å². The molecule has 0 radical (unpaired) electrons. The van der Waals surface area contributed by atoms with Crippen molar-refractivity contribution in [2.45, 2.75) is 50.9 Å². The summed E-state index contributed by atoms with van der Waals surface area (Å²) in [4.78, 5) is 13.1.